The van der Waals surface area contributed by atoms with Crippen LogP contribution in [-0.2, 0) is 25.1 Å². The molecule has 0 bridgehead atoms. The van der Waals surface area contributed by atoms with Gasteiger partial charge in [0.05, 0.1) is 19.1 Å². The van der Waals surface area contributed by atoms with E-state index in [0.29, 0.717) is 17.6 Å². The van der Waals surface area contributed by atoms with Crippen LogP contribution in [0.25, 0.3) is 0 Å². The van der Waals surface area contributed by atoms with Crippen molar-refractivity contribution in [3.8, 4) is 0 Å². The van der Waals surface area contributed by atoms with Crippen molar-refractivity contribution in [2.75, 3.05) is 25.2 Å². The van der Waals surface area contributed by atoms with Gasteiger partial charge >= 0.3 is 5.97 Å². The van der Waals surface area contributed by atoms with Crippen LogP contribution in [0.1, 0.15) is 32.6 Å². The fourth-order valence-electron chi connectivity index (χ4n) is 1.98. The van der Waals surface area contributed by atoms with Crippen molar-refractivity contribution in [3.05, 3.63) is 0 Å². The van der Waals surface area contributed by atoms with Gasteiger partial charge in [0.25, 0.3) is 0 Å². The molecule has 100 valence electrons. The molecule has 5 heteroatoms. The van der Waals surface area contributed by atoms with E-state index in [-0.39, 0.29) is 11.9 Å². The molecule has 1 aliphatic rings. The Morgan fingerprint density at radius 2 is 2.35 bits per heavy atom. The Morgan fingerprint density at radius 1 is 1.59 bits per heavy atom. The Morgan fingerprint density at radius 3 is 2.94 bits per heavy atom. The largest absolute Gasteiger partial charge is 0.469 e. The molecule has 1 aliphatic heterocycles. The minimum absolute atomic E-state index is 0.274. The summed E-state index contributed by atoms with van der Waals surface area (Å²) in [6.07, 6.45) is 4.53. The van der Waals surface area contributed by atoms with E-state index in [1.807, 2.05) is 0 Å². The summed E-state index contributed by atoms with van der Waals surface area (Å²) < 4.78 is 21.8. The van der Waals surface area contributed by atoms with Gasteiger partial charge in [-0.25, -0.2) is 0 Å². The normalized spacial score (nSPS) is 23.3. The SMILES string of the molecule is COC(=O)C(C)CS(=O)CCCC1CCCO1. The molecule has 17 heavy (non-hydrogen) atoms. The van der Waals surface area contributed by atoms with E-state index in [1.54, 1.807) is 6.92 Å². The number of carbonyl (C=O) groups is 1. The fourth-order valence-corrected chi connectivity index (χ4v) is 3.32. The van der Waals surface area contributed by atoms with Crippen molar-refractivity contribution < 1.29 is 18.5 Å². The maximum atomic E-state index is 11.7. The molecule has 3 atom stereocenters. The summed E-state index contributed by atoms with van der Waals surface area (Å²) >= 11 is 0. The second kappa shape index (κ2) is 7.82. The third kappa shape index (κ3) is 5.64. The van der Waals surface area contributed by atoms with E-state index in [4.69, 9.17) is 4.74 Å². The molecule has 0 N–H and O–H groups in total. The maximum Gasteiger partial charge on any atom is 0.309 e. The van der Waals surface area contributed by atoms with Crippen LogP contribution >= 0.6 is 0 Å². The lowest BCUT2D eigenvalue weighted by Crippen LogP contribution is -2.21. The number of rotatable bonds is 7. The summed E-state index contributed by atoms with van der Waals surface area (Å²) in [5.41, 5.74) is 0. The van der Waals surface area contributed by atoms with Gasteiger partial charge in [-0.3, -0.25) is 9.00 Å². The van der Waals surface area contributed by atoms with Crippen LogP contribution in [0.4, 0.5) is 0 Å². The molecule has 1 fully saturated rings. The number of esters is 1. The topological polar surface area (TPSA) is 52.6 Å². The first kappa shape index (κ1) is 14.6. The quantitative estimate of drug-likeness (QED) is 0.653. The second-order valence-corrected chi connectivity index (χ2v) is 6.13. The number of hydrogen-bond donors (Lipinski definition) is 0. The van der Waals surface area contributed by atoms with Crippen LogP contribution in [0, 0.1) is 5.92 Å². The average Bonchev–Trinajstić information content (AvgIpc) is 2.80. The molecule has 0 radical (unpaired) electrons. The summed E-state index contributed by atoms with van der Waals surface area (Å²) in [6.45, 7) is 2.62. The maximum absolute atomic E-state index is 11.7. The molecule has 3 unspecified atom stereocenters. The van der Waals surface area contributed by atoms with Crippen molar-refractivity contribution in [3.63, 3.8) is 0 Å². The molecule has 0 aromatic carbocycles. The highest BCUT2D eigenvalue weighted by Crippen LogP contribution is 2.17. The van der Waals surface area contributed by atoms with E-state index < -0.39 is 10.8 Å². The van der Waals surface area contributed by atoms with E-state index in [9.17, 15) is 9.00 Å². The summed E-state index contributed by atoms with van der Waals surface area (Å²) in [6, 6.07) is 0. The van der Waals surface area contributed by atoms with E-state index >= 15 is 0 Å². The molecule has 1 saturated heterocycles. The van der Waals surface area contributed by atoms with Crippen molar-refractivity contribution in [2.45, 2.75) is 38.7 Å². The van der Waals surface area contributed by atoms with Gasteiger partial charge in [-0.1, -0.05) is 6.92 Å². The summed E-state index contributed by atoms with van der Waals surface area (Å²) in [5, 5.41) is 0. The molecule has 0 aliphatic carbocycles. The lowest BCUT2D eigenvalue weighted by Gasteiger charge is -2.10. The standard InChI is InChI=1S/C12H22O4S/c1-10(12(13)15-2)9-17(14)8-4-6-11-5-3-7-16-11/h10-11H,3-9H2,1-2H3. The first-order valence-electron chi connectivity index (χ1n) is 6.18. The van der Waals surface area contributed by atoms with Crippen LogP contribution in [0.2, 0.25) is 0 Å². The fraction of sp³-hybridized carbons (Fsp3) is 0.917. The smallest absolute Gasteiger partial charge is 0.309 e. The molecule has 1 heterocycles. The van der Waals surface area contributed by atoms with Crippen molar-refractivity contribution in [1.29, 1.82) is 0 Å². The summed E-state index contributed by atoms with van der Waals surface area (Å²) in [7, 11) is 0.432. The Balaban J connectivity index is 2.10. The Bertz CT molecular complexity index is 261. The van der Waals surface area contributed by atoms with Gasteiger partial charge < -0.3 is 9.47 Å². The van der Waals surface area contributed by atoms with Crippen LogP contribution in [-0.4, -0.2) is 41.5 Å². The van der Waals surface area contributed by atoms with Gasteiger partial charge in [0.1, 0.15) is 0 Å². The van der Waals surface area contributed by atoms with Gasteiger partial charge in [0, 0.05) is 28.9 Å². The second-order valence-electron chi connectivity index (χ2n) is 4.51. The minimum atomic E-state index is -0.929. The van der Waals surface area contributed by atoms with Gasteiger partial charge in [-0.2, -0.15) is 0 Å². The van der Waals surface area contributed by atoms with Gasteiger partial charge in [0.15, 0.2) is 0 Å². The highest BCUT2D eigenvalue weighted by molar-refractivity contribution is 7.85. The van der Waals surface area contributed by atoms with Gasteiger partial charge in [-0.15, -0.1) is 0 Å². The lowest BCUT2D eigenvalue weighted by atomic mass is 10.1. The highest BCUT2D eigenvalue weighted by atomic mass is 32.2. The van der Waals surface area contributed by atoms with Crippen molar-refractivity contribution in [2.24, 2.45) is 5.92 Å². The monoisotopic (exact) mass is 262 g/mol. The zero-order valence-electron chi connectivity index (χ0n) is 10.6. The number of methoxy groups -OCH3 is 1. The molecular weight excluding hydrogens is 240 g/mol. The summed E-state index contributed by atoms with van der Waals surface area (Å²) in [4.78, 5) is 11.2. The zero-order valence-corrected chi connectivity index (χ0v) is 11.5. The van der Waals surface area contributed by atoms with E-state index in [0.717, 1.165) is 32.3 Å². The predicted molar refractivity (Wildman–Crippen MR) is 67.3 cm³/mol. The molecule has 0 saturated carbocycles. The molecule has 0 amide bonds. The Hall–Kier alpha value is -0.420. The van der Waals surface area contributed by atoms with Crippen molar-refractivity contribution in [1.82, 2.24) is 0 Å². The summed E-state index contributed by atoms with van der Waals surface area (Å²) in [5.74, 6) is 0.500. The first-order chi connectivity index (χ1) is 8.13. The lowest BCUT2D eigenvalue weighted by molar-refractivity contribution is -0.144. The molecule has 4 nitrogen and oxygen atoms in total. The Labute approximate surface area is 106 Å². The molecular formula is C12H22O4S. The van der Waals surface area contributed by atoms with E-state index in [2.05, 4.69) is 4.74 Å². The molecule has 0 aromatic rings. The number of ether oxygens (including phenoxy) is 2. The Kier molecular flexibility index (Phi) is 6.73. The first-order valence-corrected chi connectivity index (χ1v) is 7.66. The minimum Gasteiger partial charge on any atom is -0.469 e. The molecule has 1 rings (SSSR count). The van der Waals surface area contributed by atoms with E-state index in [1.165, 1.54) is 7.11 Å². The predicted octanol–water partition coefficient (Wildman–Crippen LogP) is 1.50. The molecule has 0 spiro atoms. The molecule has 0 aromatic heterocycles. The third-order valence-electron chi connectivity index (χ3n) is 2.96. The van der Waals surface area contributed by atoms with Gasteiger partial charge in [0.2, 0.25) is 0 Å². The average molecular weight is 262 g/mol. The third-order valence-corrected chi connectivity index (χ3v) is 4.58. The van der Waals surface area contributed by atoms with Crippen LogP contribution in [0.3, 0.4) is 0 Å². The number of hydrogen-bond acceptors (Lipinski definition) is 4. The zero-order chi connectivity index (χ0) is 12.7. The van der Waals surface area contributed by atoms with Crippen LogP contribution in [0.15, 0.2) is 0 Å². The van der Waals surface area contributed by atoms with Gasteiger partial charge in [-0.05, 0) is 25.7 Å². The van der Waals surface area contributed by atoms with Crippen LogP contribution in [0.5, 0.6) is 0 Å². The highest BCUT2D eigenvalue weighted by Gasteiger charge is 2.18. The number of carbonyl (C=O) groups excluding carboxylic acids is 1. The van der Waals surface area contributed by atoms with Crippen LogP contribution < -0.4 is 0 Å². The van der Waals surface area contributed by atoms with Crippen molar-refractivity contribution >= 4 is 16.8 Å².